The minimum Gasteiger partial charge on any atom is -0.372 e. The number of hydrogen-bond acceptors (Lipinski definition) is 3. The van der Waals surface area contributed by atoms with Gasteiger partial charge in [-0.3, -0.25) is 9.69 Å². The molecule has 120 valence electrons. The van der Waals surface area contributed by atoms with Gasteiger partial charge in [-0.25, -0.2) is 0 Å². The van der Waals surface area contributed by atoms with Gasteiger partial charge in [-0.1, -0.05) is 18.2 Å². The molecule has 5 rings (SSSR count). The molecule has 1 saturated heterocycles. The van der Waals surface area contributed by atoms with Gasteiger partial charge >= 0.3 is 0 Å². The number of rotatable bonds is 0. The first-order chi connectivity index (χ1) is 11.2. The summed E-state index contributed by atoms with van der Waals surface area (Å²) in [6, 6.07) is 9.03. The summed E-state index contributed by atoms with van der Waals surface area (Å²) in [6.45, 7) is 3.94. The number of aromatic amines is 1. The summed E-state index contributed by atoms with van der Waals surface area (Å²) in [4.78, 5) is 18.2. The summed E-state index contributed by atoms with van der Waals surface area (Å²) in [7, 11) is 0. The number of carbonyl (C=O) groups is 1. The highest BCUT2D eigenvalue weighted by molar-refractivity contribution is 5.85. The lowest BCUT2D eigenvalue weighted by molar-refractivity contribution is -0.185. The van der Waals surface area contributed by atoms with E-state index in [0.29, 0.717) is 18.6 Å². The predicted molar refractivity (Wildman–Crippen MR) is 88.5 cm³/mol. The number of morpholine rings is 1. The van der Waals surface area contributed by atoms with Crippen molar-refractivity contribution in [3.63, 3.8) is 0 Å². The number of benzene rings is 1. The fraction of sp³-hybridized carbons (Fsp3) is 0.526. The SMILES string of the molecule is CC12CCC(=O)CC1N1CCc3c([nH]c4ccccc34)C1CO2. The van der Waals surface area contributed by atoms with Gasteiger partial charge in [0.05, 0.1) is 18.2 Å². The van der Waals surface area contributed by atoms with Crippen LogP contribution in [-0.2, 0) is 16.0 Å². The van der Waals surface area contributed by atoms with E-state index in [1.54, 1.807) is 0 Å². The molecule has 1 aromatic heterocycles. The molecular formula is C19H22N2O2. The Balaban J connectivity index is 1.58. The summed E-state index contributed by atoms with van der Waals surface area (Å²) < 4.78 is 6.33. The average Bonchev–Trinajstić information content (AvgIpc) is 2.94. The Morgan fingerprint density at radius 3 is 3.09 bits per heavy atom. The van der Waals surface area contributed by atoms with Crippen molar-refractivity contribution in [3.05, 3.63) is 35.5 Å². The zero-order valence-corrected chi connectivity index (χ0v) is 13.5. The minimum atomic E-state index is -0.159. The number of ether oxygens (including phenoxy) is 1. The van der Waals surface area contributed by atoms with E-state index in [-0.39, 0.29) is 17.7 Å². The molecule has 0 radical (unpaired) electrons. The molecule has 4 nitrogen and oxygen atoms in total. The third-order valence-electron chi connectivity index (χ3n) is 6.20. The van der Waals surface area contributed by atoms with Gasteiger partial charge in [0.15, 0.2) is 0 Å². The molecule has 2 aliphatic heterocycles. The van der Waals surface area contributed by atoms with Crippen LogP contribution in [0.3, 0.4) is 0 Å². The monoisotopic (exact) mass is 310 g/mol. The van der Waals surface area contributed by atoms with Gasteiger partial charge in [0.1, 0.15) is 5.78 Å². The van der Waals surface area contributed by atoms with Crippen LogP contribution < -0.4 is 0 Å². The van der Waals surface area contributed by atoms with Crippen molar-refractivity contribution in [2.45, 2.75) is 50.3 Å². The van der Waals surface area contributed by atoms with Gasteiger partial charge in [0.2, 0.25) is 0 Å². The molecule has 3 aliphatic rings. The topological polar surface area (TPSA) is 45.3 Å². The fourth-order valence-corrected chi connectivity index (χ4v) is 4.88. The van der Waals surface area contributed by atoms with Crippen molar-refractivity contribution in [1.82, 2.24) is 9.88 Å². The standard InChI is InChI=1S/C19H22N2O2/c1-19-8-6-12(22)10-17(19)21-9-7-14-13-4-2-3-5-15(13)20-18(14)16(21)11-23-19/h2-5,16-17,20H,6-11H2,1H3. The zero-order chi connectivity index (χ0) is 15.6. The van der Waals surface area contributed by atoms with Gasteiger partial charge < -0.3 is 9.72 Å². The van der Waals surface area contributed by atoms with Crippen LogP contribution in [0.1, 0.15) is 43.5 Å². The van der Waals surface area contributed by atoms with Gasteiger partial charge in [-0.2, -0.15) is 0 Å². The van der Waals surface area contributed by atoms with Gasteiger partial charge in [-0.15, -0.1) is 0 Å². The summed E-state index contributed by atoms with van der Waals surface area (Å²) in [6.07, 6.45) is 3.22. The molecule has 2 aromatic rings. The molecule has 1 aliphatic carbocycles. The van der Waals surface area contributed by atoms with E-state index >= 15 is 0 Å². The Hall–Kier alpha value is -1.65. The Morgan fingerprint density at radius 2 is 2.17 bits per heavy atom. The maximum atomic E-state index is 12.0. The number of Topliss-reactive ketones (excluding diaryl/α,β-unsaturated/α-hetero) is 1. The highest BCUT2D eigenvalue weighted by Gasteiger charge is 2.51. The number of nitrogens with zero attached hydrogens (tertiary/aromatic N) is 1. The van der Waals surface area contributed by atoms with Crippen molar-refractivity contribution in [1.29, 1.82) is 0 Å². The Morgan fingerprint density at radius 1 is 1.30 bits per heavy atom. The molecule has 0 spiro atoms. The van der Waals surface area contributed by atoms with Crippen LogP contribution >= 0.6 is 0 Å². The summed E-state index contributed by atoms with van der Waals surface area (Å²) >= 11 is 0. The fourth-order valence-electron chi connectivity index (χ4n) is 4.88. The Bertz CT molecular complexity index is 796. The van der Waals surface area contributed by atoms with Crippen molar-refractivity contribution in [2.75, 3.05) is 13.2 Å². The number of aromatic nitrogens is 1. The third kappa shape index (κ3) is 1.88. The zero-order valence-electron chi connectivity index (χ0n) is 13.5. The molecule has 1 saturated carbocycles. The first-order valence-electron chi connectivity index (χ1n) is 8.66. The van der Waals surface area contributed by atoms with E-state index in [1.807, 2.05) is 0 Å². The molecule has 1 N–H and O–H groups in total. The molecule has 3 unspecified atom stereocenters. The lowest BCUT2D eigenvalue weighted by Crippen LogP contribution is -2.63. The molecule has 23 heavy (non-hydrogen) atoms. The van der Waals surface area contributed by atoms with E-state index in [0.717, 1.165) is 26.0 Å². The quantitative estimate of drug-likeness (QED) is 0.813. The maximum Gasteiger partial charge on any atom is 0.134 e. The summed E-state index contributed by atoms with van der Waals surface area (Å²) in [5, 5.41) is 1.34. The van der Waals surface area contributed by atoms with Crippen LogP contribution in [0.2, 0.25) is 0 Å². The number of para-hydroxylation sites is 1. The second kappa shape index (κ2) is 4.68. The molecule has 2 fully saturated rings. The molecule has 3 heterocycles. The van der Waals surface area contributed by atoms with Crippen LogP contribution in [0.25, 0.3) is 10.9 Å². The second-order valence-electron chi connectivity index (χ2n) is 7.45. The van der Waals surface area contributed by atoms with Gasteiger partial charge in [0, 0.05) is 42.0 Å². The van der Waals surface area contributed by atoms with E-state index < -0.39 is 0 Å². The summed E-state index contributed by atoms with van der Waals surface area (Å²) in [5.74, 6) is 0.388. The smallest absolute Gasteiger partial charge is 0.134 e. The van der Waals surface area contributed by atoms with Crippen molar-refractivity contribution < 1.29 is 9.53 Å². The van der Waals surface area contributed by atoms with Crippen molar-refractivity contribution in [2.24, 2.45) is 0 Å². The van der Waals surface area contributed by atoms with Gasteiger partial charge in [0.25, 0.3) is 0 Å². The first kappa shape index (κ1) is 13.8. The first-order valence-corrected chi connectivity index (χ1v) is 8.66. The lowest BCUT2D eigenvalue weighted by atomic mass is 9.77. The van der Waals surface area contributed by atoms with E-state index in [2.05, 4.69) is 41.1 Å². The third-order valence-corrected chi connectivity index (χ3v) is 6.20. The lowest BCUT2D eigenvalue weighted by Gasteiger charge is -2.54. The number of carbonyl (C=O) groups excluding carboxylic acids is 1. The number of fused-ring (bicyclic) bond motifs is 7. The highest BCUT2D eigenvalue weighted by atomic mass is 16.5. The van der Waals surface area contributed by atoms with Crippen molar-refractivity contribution in [3.8, 4) is 0 Å². The molecule has 1 aromatic carbocycles. The normalized spacial score (nSPS) is 34.0. The second-order valence-corrected chi connectivity index (χ2v) is 7.45. The minimum absolute atomic E-state index is 0.159. The number of hydrogen-bond donors (Lipinski definition) is 1. The molecule has 0 bridgehead atoms. The van der Waals surface area contributed by atoms with Crippen LogP contribution in [0, 0.1) is 0 Å². The Labute approximate surface area is 135 Å². The number of nitrogens with one attached hydrogen (secondary N) is 1. The largest absolute Gasteiger partial charge is 0.372 e. The maximum absolute atomic E-state index is 12.0. The number of ketones is 1. The summed E-state index contributed by atoms with van der Waals surface area (Å²) in [5.41, 5.74) is 3.80. The molecular weight excluding hydrogens is 288 g/mol. The van der Waals surface area contributed by atoms with Crippen LogP contribution in [0.4, 0.5) is 0 Å². The number of H-pyrrole nitrogens is 1. The highest BCUT2D eigenvalue weighted by Crippen LogP contribution is 2.45. The van der Waals surface area contributed by atoms with E-state index in [4.69, 9.17) is 4.74 Å². The van der Waals surface area contributed by atoms with E-state index in [9.17, 15) is 4.79 Å². The Kier molecular flexibility index (Phi) is 2.80. The average molecular weight is 310 g/mol. The molecule has 0 amide bonds. The molecule has 4 heteroatoms. The predicted octanol–water partition coefficient (Wildman–Crippen LogP) is 2.98. The molecule has 3 atom stereocenters. The van der Waals surface area contributed by atoms with E-state index in [1.165, 1.54) is 22.2 Å². The van der Waals surface area contributed by atoms with Gasteiger partial charge in [-0.05, 0) is 31.4 Å². The van der Waals surface area contributed by atoms with Crippen LogP contribution in [-0.4, -0.2) is 40.5 Å². The van der Waals surface area contributed by atoms with Crippen LogP contribution in [0.15, 0.2) is 24.3 Å². The van der Waals surface area contributed by atoms with Crippen molar-refractivity contribution >= 4 is 16.7 Å². The van der Waals surface area contributed by atoms with Crippen LogP contribution in [0.5, 0.6) is 0 Å².